The van der Waals surface area contributed by atoms with E-state index in [0.717, 1.165) is 11.1 Å². The Morgan fingerprint density at radius 3 is 2.38 bits per heavy atom. The van der Waals surface area contributed by atoms with Crippen molar-refractivity contribution in [2.75, 3.05) is 12.4 Å². The van der Waals surface area contributed by atoms with Gasteiger partial charge in [-0.2, -0.15) is 5.10 Å². The summed E-state index contributed by atoms with van der Waals surface area (Å²) in [7, 11) is -2.09. The lowest BCUT2D eigenvalue weighted by Crippen LogP contribution is -2.28. The third-order valence-corrected chi connectivity index (χ3v) is 6.49. The summed E-state index contributed by atoms with van der Waals surface area (Å²) in [5, 5.41) is 7.31. The molecule has 32 heavy (non-hydrogen) atoms. The van der Waals surface area contributed by atoms with Gasteiger partial charge in [0.2, 0.25) is 0 Å². The minimum atomic E-state index is -3.79. The standard InChI is InChI=1S/C23H25N3O5S/c1-4-31-22(27)15-32(29,30)19-12-10-17(11-13-19)16(2)24-23(28)21-14-20(25-26(21)3)18-8-6-5-7-9-18/h5-14,16H,4,15H2,1-3H3,(H,24,28)/t16-/m1/s1. The van der Waals surface area contributed by atoms with Crippen LogP contribution in [-0.2, 0) is 26.4 Å². The molecule has 1 atom stereocenters. The summed E-state index contributed by atoms with van der Waals surface area (Å²) in [6.45, 7) is 3.53. The second kappa shape index (κ2) is 9.78. The molecule has 0 aliphatic heterocycles. The van der Waals surface area contributed by atoms with Crippen LogP contribution in [0.4, 0.5) is 0 Å². The molecule has 1 heterocycles. The molecule has 1 amide bonds. The van der Waals surface area contributed by atoms with Crippen LogP contribution in [-0.4, -0.2) is 42.4 Å². The lowest BCUT2D eigenvalue weighted by Gasteiger charge is -2.15. The van der Waals surface area contributed by atoms with E-state index in [0.29, 0.717) is 11.4 Å². The summed E-state index contributed by atoms with van der Waals surface area (Å²) in [6, 6.07) is 17.0. The number of hydrogen-bond acceptors (Lipinski definition) is 6. The van der Waals surface area contributed by atoms with E-state index in [1.54, 1.807) is 39.1 Å². The highest BCUT2D eigenvalue weighted by Crippen LogP contribution is 2.20. The number of sulfone groups is 1. The van der Waals surface area contributed by atoms with Gasteiger partial charge in [0.15, 0.2) is 15.6 Å². The van der Waals surface area contributed by atoms with Gasteiger partial charge in [-0.1, -0.05) is 42.5 Å². The fourth-order valence-electron chi connectivity index (χ4n) is 3.19. The van der Waals surface area contributed by atoms with Crippen molar-refractivity contribution in [1.29, 1.82) is 0 Å². The van der Waals surface area contributed by atoms with E-state index in [1.165, 1.54) is 16.8 Å². The summed E-state index contributed by atoms with van der Waals surface area (Å²) in [5.74, 6) is -1.80. The van der Waals surface area contributed by atoms with E-state index in [-0.39, 0.29) is 23.5 Å². The number of nitrogens with zero attached hydrogens (tertiary/aromatic N) is 2. The second-order valence-electron chi connectivity index (χ2n) is 7.23. The number of rotatable bonds is 8. The van der Waals surface area contributed by atoms with Crippen molar-refractivity contribution in [1.82, 2.24) is 15.1 Å². The number of carbonyl (C=O) groups is 2. The number of hydrogen-bond donors (Lipinski definition) is 1. The normalized spacial score (nSPS) is 12.2. The minimum absolute atomic E-state index is 0.0203. The Labute approximate surface area is 187 Å². The lowest BCUT2D eigenvalue weighted by molar-refractivity contribution is -0.139. The number of amides is 1. The Morgan fingerprint density at radius 2 is 1.75 bits per heavy atom. The molecule has 0 aliphatic rings. The van der Waals surface area contributed by atoms with E-state index in [2.05, 4.69) is 10.4 Å². The summed E-state index contributed by atoms with van der Waals surface area (Å²) in [6.07, 6.45) is 0. The van der Waals surface area contributed by atoms with Gasteiger partial charge in [0.05, 0.1) is 23.2 Å². The molecule has 2 aromatic carbocycles. The quantitative estimate of drug-likeness (QED) is 0.524. The van der Waals surface area contributed by atoms with E-state index in [9.17, 15) is 18.0 Å². The van der Waals surface area contributed by atoms with Gasteiger partial charge in [-0.05, 0) is 37.6 Å². The summed E-state index contributed by atoms with van der Waals surface area (Å²) in [5.41, 5.74) is 2.74. The Balaban J connectivity index is 1.70. The van der Waals surface area contributed by atoms with Crippen LogP contribution in [0.2, 0.25) is 0 Å². The molecule has 0 saturated heterocycles. The van der Waals surface area contributed by atoms with Crippen molar-refractivity contribution >= 4 is 21.7 Å². The molecule has 3 rings (SSSR count). The first-order valence-electron chi connectivity index (χ1n) is 10.1. The molecular weight excluding hydrogens is 430 g/mol. The molecule has 0 unspecified atom stereocenters. The van der Waals surface area contributed by atoms with Crippen molar-refractivity contribution in [2.45, 2.75) is 24.8 Å². The summed E-state index contributed by atoms with van der Waals surface area (Å²) >= 11 is 0. The average molecular weight is 456 g/mol. The van der Waals surface area contributed by atoms with Gasteiger partial charge in [0, 0.05) is 12.6 Å². The molecule has 0 fully saturated rings. The Kier molecular flexibility index (Phi) is 7.09. The minimum Gasteiger partial charge on any atom is -0.465 e. The molecule has 1 N–H and O–H groups in total. The largest absolute Gasteiger partial charge is 0.465 e. The van der Waals surface area contributed by atoms with Gasteiger partial charge in [-0.3, -0.25) is 14.3 Å². The molecule has 0 saturated carbocycles. The zero-order valence-electron chi connectivity index (χ0n) is 18.1. The summed E-state index contributed by atoms with van der Waals surface area (Å²) in [4.78, 5) is 24.3. The first-order valence-corrected chi connectivity index (χ1v) is 11.7. The summed E-state index contributed by atoms with van der Waals surface area (Å²) < 4.78 is 30.9. The van der Waals surface area contributed by atoms with Crippen molar-refractivity contribution in [3.8, 4) is 11.3 Å². The third-order valence-electron chi connectivity index (χ3n) is 4.88. The number of carbonyl (C=O) groups excluding carboxylic acids is 2. The highest BCUT2D eigenvalue weighted by atomic mass is 32.2. The topological polar surface area (TPSA) is 107 Å². The van der Waals surface area contributed by atoms with Crippen LogP contribution >= 0.6 is 0 Å². The van der Waals surface area contributed by atoms with Gasteiger partial charge in [0.1, 0.15) is 5.69 Å². The molecule has 0 spiro atoms. The van der Waals surface area contributed by atoms with Crippen molar-refractivity contribution < 1.29 is 22.7 Å². The van der Waals surface area contributed by atoms with Gasteiger partial charge < -0.3 is 10.1 Å². The zero-order chi connectivity index (χ0) is 23.3. The number of aromatic nitrogens is 2. The van der Waals surface area contributed by atoms with Crippen molar-refractivity contribution in [3.63, 3.8) is 0 Å². The first kappa shape index (κ1) is 23.2. The van der Waals surface area contributed by atoms with Crippen LogP contribution in [0, 0.1) is 0 Å². The molecule has 1 aromatic heterocycles. The number of esters is 1. The highest BCUT2D eigenvalue weighted by Gasteiger charge is 2.21. The molecule has 3 aromatic rings. The molecule has 168 valence electrons. The maximum atomic E-state index is 12.8. The van der Waals surface area contributed by atoms with Gasteiger partial charge >= 0.3 is 5.97 Å². The average Bonchev–Trinajstić information content (AvgIpc) is 3.16. The van der Waals surface area contributed by atoms with Crippen LogP contribution in [0.1, 0.15) is 35.9 Å². The maximum Gasteiger partial charge on any atom is 0.321 e. The van der Waals surface area contributed by atoms with Crippen LogP contribution in [0.5, 0.6) is 0 Å². The highest BCUT2D eigenvalue weighted by molar-refractivity contribution is 7.92. The van der Waals surface area contributed by atoms with Crippen LogP contribution in [0.3, 0.4) is 0 Å². The SMILES string of the molecule is CCOC(=O)CS(=O)(=O)c1ccc([C@@H](C)NC(=O)c2cc(-c3ccccc3)nn2C)cc1. The van der Waals surface area contributed by atoms with Gasteiger partial charge in [-0.15, -0.1) is 0 Å². The number of ether oxygens (including phenoxy) is 1. The number of nitrogens with one attached hydrogen (secondary N) is 1. The van der Waals surface area contributed by atoms with Gasteiger partial charge in [0.25, 0.3) is 5.91 Å². The number of benzene rings is 2. The molecule has 0 bridgehead atoms. The van der Waals surface area contributed by atoms with E-state index in [4.69, 9.17) is 4.74 Å². The maximum absolute atomic E-state index is 12.8. The number of aryl methyl sites for hydroxylation is 1. The molecule has 0 radical (unpaired) electrons. The van der Waals surface area contributed by atoms with E-state index in [1.807, 2.05) is 30.3 Å². The molecule has 8 nitrogen and oxygen atoms in total. The predicted molar refractivity (Wildman–Crippen MR) is 120 cm³/mol. The molecule has 9 heteroatoms. The Hall–Kier alpha value is -3.46. The Morgan fingerprint density at radius 1 is 1.09 bits per heavy atom. The second-order valence-corrected chi connectivity index (χ2v) is 9.22. The smallest absolute Gasteiger partial charge is 0.321 e. The van der Waals surface area contributed by atoms with Crippen LogP contribution in [0.15, 0.2) is 65.6 Å². The van der Waals surface area contributed by atoms with E-state index < -0.39 is 21.6 Å². The molecule has 0 aliphatic carbocycles. The fourth-order valence-corrected chi connectivity index (χ4v) is 4.30. The zero-order valence-corrected chi connectivity index (χ0v) is 18.9. The predicted octanol–water partition coefficient (Wildman–Crippen LogP) is 2.91. The van der Waals surface area contributed by atoms with E-state index >= 15 is 0 Å². The fraction of sp³-hybridized carbons (Fsp3) is 0.261. The van der Waals surface area contributed by atoms with Crippen molar-refractivity contribution in [3.05, 3.63) is 71.9 Å². The third kappa shape index (κ3) is 5.42. The first-order chi connectivity index (χ1) is 15.2. The molecular formula is C23H25N3O5S. The van der Waals surface area contributed by atoms with Crippen molar-refractivity contribution in [2.24, 2.45) is 7.05 Å². The van der Waals surface area contributed by atoms with Gasteiger partial charge in [-0.25, -0.2) is 8.42 Å². The monoisotopic (exact) mass is 455 g/mol. The lowest BCUT2D eigenvalue weighted by atomic mass is 10.1. The van der Waals surface area contributed by atoms with Crippen LogP contribution < -0.4 is 5.32 Å². The van der Waals surface area contributed by atoms with Crippen LogP contribution in [0.25, 0.3) is 11.3 Å². The Bertz CT molecular complexity index is 1200.